The largest absolute Gasteiger partial charge is 0.508 e. The zero-order valence-electron chi connectivity index (χ0n) is 11.3. The van der Waals surface area contributed by atoms with E-state index in [1.165, 1.54) is 38.5 Å². The van der Waals surface area contributed by atoms with Crippen LogP contribution in [0.5, 0.6) is 23.0 Å². The highest BCUT2D eigenvalue weighted by atomic mass is 16.5. The van der Waals surface area contributed by atoms with Crippen molar-refractivity contribution in [2.45, 2.75) is 0 Å². The average Bonchev–Trinajstić information content (AvgIpc) is 2.46. The molecular weight excluding hydrogens is 276 g/mol. The fourth-order valence-corrected chi connectivity index (χ4v) is 2.26. The van der Waals surface area contributed by atoms with E-state index in [1.807, 2.05) is 0 Å². The summed E-state index contributed by atoms with van der Waals surface area (Å²) in [5.41, 5.74) is -0.0885. The average molecular weight is 288 g/mol. The third kappa shape index (κ3) is 1.92. The van der Waals surface area contributed by atoms with Crippen molar-refractivity contribution < 1.29 is 24.1 Å². The van der Waals surface area contributed by atoms with Crippen LogP contribution < -0.4 is 14.9 Å². The lowest BCUT2D eigenvalue weighted by molar-refractivity contribution is 0.402. The summed E-state index contributed by atoms with van der Waals surface area (Å²) in [7, 11) is 2.85. The molecule has 0 bridgehead atoms. The summed E-state index contributed by atoms with van der Waals surface area (Å²) < 4.78 is 15.8. The van der Waals surface area contributed by atoms with Crippen LogP contribution >= 0.6 is 0 Å². The van der Waals surface area contributed by atoms with Gasteiger partial charge in [-0.2, -0.15) is 0 Å². The molecule has 1 heterocycles. The highest BCUT2D eigenvalue weighted by Crippen LogP contribution is 2.35. The Labute approximate surface area is 118 Å². The quantitative estimate of drug-likeness (QED) is 0.704. The first kappa shape index (κ1) is 13.1. The van der Waals surface area contributed by atoms with Crippen LogP contribution in [-0.2, 0) is 0 Å². The number of phenolic OH excluding ortho intramolecular Hbond substituents is 2. The molecule has 0 radical (unpaired) electrons. The number of fused-ring (bicyclic) bond motifs is 2. The Hall–Kier alpha value is -2.89. The van der Waals surface area contributed by atoms with Crippen LogP contribution in [-0.4, -0.2) is 24.4 Å². The number of rotatable bonds is 2. The lowest BCUT2D eigenvalue weighted by Crippen LogP contribution is -2.03. The molecule has 6 heteroatoms. The normalized spacial score (nSPS) is 11.0. The maximum absolute atomic E-state index is 12.5. The first-order valence-electron chi connectivity index (χ1n) is 6.09. The zero-order chi connectivity index (χ0) is 15.1. The number of methoxy groups -OCH3 is 2. The van der Waals surface area contributed by atoms with Crippen molar-refractivity contribution in [1.82, 2.24) is 0 Å². The molecule has 21 heavy (non-hydrogen) atoms. The predicted molar refractivity (Wildman–Crippen MR) is 76.4 cm³/mol. The van der Waals surface area contributed by atoms with Gasteiger partial charge in [-0.25, -0.2) is 0 Å². The second-order valence-corrected chi connectivity index (χ2v) is 4.48. The van der Waals surface area contributed by atoms with Crippen LogP contribution in [0.15, 0.2) is 33.5 Å². The number of aromatic hydroxyl groups is 2. The molecule has 0 spiro atoms. The van der Waals surface area contributed by atoms with Crippen molar-refractivity contribution in [3.05, 3.63) is 34.5 Å². The Morgan fingerprint density at radius 1 is 1.05 bits per heavy atom. The zero-order valence-corrected chi connectivity index (χ0v) is 11.3. The summed E-state index contributed by atoms with van der Waals surface area (Å²) in [6, 6.07) is 5.44. The van der Waals surface area contributed by atoms with E-state index in [0.717, 1.165) is 0 Å². The lowest BCUT2D eigenvalue weighted by Gasteiger charge is -2.09. The standard InChI is InChI=1S/C15H12O6/c1-19-8-5-10(17)13-11(6-8)21-15-9(14(13)18)3-7(16)4-12(15)20-2/h3-6,16-17H,1-2H3. The number of hydrogen-bond acceptors (Lipinski definition) is 6. The maximum Gasteiger partial charge on any atom is 0.204 e. The summed E-state index contributed by atoms with van der Waals surface area (Å²) in [5.74, 6) is 0.216. The highest BCUT2D eigenvalue weighted by Gasteiger charge is 2.17. The Bertz CT molecular complexity index is 910. The van der Waals surface area contributed by atoms with E-state index < -0.39 is 5.43 Å². The van der Waals surface area contributed by atoms with Crippen LogP contribution in [0.4, 0.5) is 0 Å². The molecule has 0 aliphatic carbocycles. The van der Waals surface area contributed by atoms with Gasteiger partial charge in [-0.15, -0.1) is 0 Å². The Balaban J connectivity index is 2.55. The third-order valence-electron chi connectivity index (χ3n) is 3.23. The number of ether oxygens (including phenoxy) is 2. The summed E-state index contributed by atoms with van der Waals surface area (Å²) >= 11 is 0. The predicted octanol–water partition coefficient (Wildman–Crippen LogP) is 2.37. The number of hydrogen-bond donors (Lipinski definition) is 2. The first-order valence-corrected chi connectivity index (χ1v) is 6.09. The van der Waals surface area contributed by atoms with E-state index in [9.17, 15) is 15.0 Å². The molecule has 0 aliphatic rings. The second-order valence-electron chi connectivity index (χ2n) is 4.48. The molecule has 1 aromatic heterocycles. The van der Waals surface area contributed by atoms with E-state index in [0.29, 0.717) is 5.75 Å². The van der Waals surface area contributed by atoms with Crippen LogP contribution in [0, 0.1) is 0 Å². The number of phenols is 2. The minimum Gasteiger partial charge on any atom is -0.508 e. The molecular formula is C15H12O6. The van der Waals surface area contributed by atoms with Gasteiger partial charge in [0.05, 0.1) is 19.6 Å². The van der Waals surface area contributed by atoms with Crippen LogP contribution in [0.25, 0.3) is 21.9 Å². The molecule has 0 aliphatic heterocycles. The van der Waals surface area contributed by atoms with E-state index in [4.69, 9.17) is 13.9 Å². The fourth-order valence-electron chi connectivity index (χ4n) is 2.26. The van der Waals surface area contributed by atoms with Gasteiger partial charge in [0, 0.05) is 18.2 Å². The van der Waals surface area contributed by atoms with E-state index >= 15 is 0 Å². The first-order chi connectivity index (χ1) is 10.0. The molecule has 0 saturated heterocycles. The molecule has 2 aromatic carbocycles. The molecule has 6 nitrogen and oxygen atoms in total. The molecule has 0 unspecified atom stereocenters. The fraction of sp³-hybridized carbons (Fsp3) is 0.133. The Kier molecular flexibility index (Phi) is 2.86. The lowest BCUT2D eigenvalue weighted by atomic mass is 10.1. The molecule has 0 amide bonds. The minimum absolute atomic E-state index is 0.0240. The Morgan fingerprint density at radius 2 is 1.81 bits per heavy atom. The van der Waals surface area contributed by atoms with Gasteiger partial charge in [-0.3, -0.25) is 4.79 Å². The topological polar surface area (TPSA) is 89.1 Å². The smallest absolute Gasteiger partial charge is 0.204 e. The van der Waals surface area contributed by atoms with Gasteiger partial charge in [0.15, 0.2) is 11.3 Å². The summed E-state index contributed by atoms with van der Waals surface area (Å²) in [6.45, 7) is 0. The SMILES string of the molecule is COc1cc(O)c2c(=O)c3cc(O)cc(OC)c3oc2c1. The minimum atomic E-state index is -0.458. The number of benzene rings is 2. The van der Waals surface area contributed by atoms with Crippen LogP contribution in [0.2, 0.25) is 0 Å². The van der Waals surface area contributed by atoms with E-state index in [1.54, 1.807) is 0 Å². The summed E-state index contributed by atoms with van der Waals surface area (Å²) in [4.78, 5) is 12.5. The monoisotopic (exact) mass is 288 g/mol. The summed E-state index contributed by atoms with van der Waals surface area (Å²) in [5, 5.41) is 19.8. The van der Waals surface area contributed by atoms with Gasteiger partial charge < -0.3 is 24.1 Å². The van der Waals surface area contributed by atoms with Crippen LogP contribution in [0.1, 0.15) is 0 Å². The van der Waals surface area contributed by atoms with Gasteiger partial charge in [0.25, 0.3) is 0 Å². The van der Waals surface area contributed by atoms with Gasteiger partial charge in [-0.1, -0.05) is 0 Å². The molecule has 0 atom stereocenters. The molecule has 3 rings (SSSR count). The van der Waals surface area contributed by atoms with E-state index in [-0.39, 0.29) is 39.2 Å². The van der Waals surface area contributed by atoms with E-state index in [2.05, 4.69) is 0 Å². The van der Waals surface area contributed by atoms with Crippen molar-refractivity contribution in [1.29, 1.82) is 0 Å². The third-order valence-corrected chi connectivity index (χ3v) is 3.23. The Morgan fingerprint density at radius 3 is 2.48 bits per heavy atom. The van der Waals surface area contributed by atoms with Crippen molar-refractivity contribution in [3.8, 4) is 23.0 Å². The summed E-state index contributed by atoms with van der Waals surface area (Å²) in [6.07, 6.45) is 0. The van der Waals surface area contributed by atoms with Crippen molar-refractivity contribution >= 4 is 21.9 Å². The van der Waals surface area contributed by atoms with Crippen LogP contribution in [0.3, 0.4) is 0 Å². The van der Waals surface area contributed by atoms with Gasteiger partial charge in [0.1, 0.15) is 28.2 Å². The van der Waals surface area contributed by atoms with Crippen molar-refractivity contribution in [2.24, 2.45) is 0 Å². The molecule has 3 aromatic rings. The molecule has 108 valence electrons. The van der Waals surface area contributed by atoms with Crippen molar-refractivity contribution in [2.75, 3.05) is 14.2 Å². The molecule has 2 N–H and O–H groups in total. The molecule has 0 fully saturated rings. The van der Waals surface area contributed by atoms with Crippen molar-refractivity contribution in [3.63, 3.8) is 0 Å². The second kappa shape index (κ2) is 4.59. The molecule has 0 saturated carbocycles. The van der Waals surface area contributed by atoms with Gasteiger partial charge in [0.2, 0.25) is 5.43 Å². The maximum atomic E-state index is 12.5. The highest BCUT2D eigenvalue weighted by molar-refractivity contribution is 5.96. The van der Waals surface area contributed by atoms with Gasteiger partial charge in [-0.05, 0) is 6.07 Å². The van der Waals surface area contributed by atoms with Gasteiger partial charge >= 0.3 is 0 Å².